The van der Waals surface area contributed by atoms with Gasteiger partial charge >= 0.3 is 0 Å². The molecule has 1 aromatic rings. The molecule has 0 aliphatic heterocycles. The third-order valence-electron chi connectivity index (χ3n) is 2.18. The first kappa shape index (κ1) is 10.7. The van der Waals surface area contributed by atoms with Crippen molar-refractivity contribution in [3.63, 3.8) is 0 Å². The molecule has 1 atom stereocenters. The van der Waals surface area contributed by atoms with Gasteiger partial charge in [-0.15, -0.1) is 11.3 Å². The van der Waals surface area contributed by atoms with Crippen LogP contribution in [0.1, 0.15) is 42.6 Å². The Labute approximate surface area is 84.4 Å². The summed E-state index contributed by atoms with van der Waals surface area (Å²) in [4.78, 5) is 5.74. The van der Waals surface area contributed by atoms with Gasteiger partial charge in [0.05, 0.1) is 5.01 Å². The highest BCUT2D eigenvalue weighted by atomic mass is 32.1. The highest BCUT2D eigenvalue weighted by Gasteiger charge is 2.06. The largest absolute Gasteiger partial charge is 0.312 e. The lowest BCUT2D eigenvalue weighted by Gasteiger charge is -2.04. The first-order valence-electron chi connectivity index (χ1n) is 4.89. The molecule has 1 unspecified atom stereocenters. The minimum Gasteiger partial charge on any atom is -0.312 e. The average Bonchev–Trinajstić information content (AvgIpc) is 2.62. The molecular formula is C10H18N2S. The van der Waals surface area contributed by atoms with Gasteiger partial charge in [-0.3, -0.25) is 0 Å². The molecule has 0 aliphatic carbocycles. The second kappa shape index (κ2) is 5.35. The van der Waals surface area contributed by atoms with Crippen LogP contribution < -0.4 is 5.32 Å². The van der Waals surface area contributed by atoms with Crippen molar-refractivity contribution in [2.24, 2.45) is 0 Å². The molecule has 2 nitrogen and oxygen atoms in total. The Morgan fingerprint density at radius 1 is 1.62 bits per heavy atom. The summed E-state index contributed by atoms with van der Waals surface area (Å²) >= 11 is 1.83. The summed E-state index contributed by atoms with van der Waals surface area (Å²) in [6.45, 7) is 4.38. The summed E-state index contributed by atoms with van der Waals surface area (Å²) in [7, 11) is 1.98. The highest BCUT2D eigenvalue weighted by Crippen LogP contribution is 2.21. The fourth-order valence-corrected chi connectivity index (χ4v) is 2.13. The zero-order valence-corrected chi connectivity index (χ0v) is 9.45. The van der Waals surface area contributed by atoms with Crippen LogP contribution in [0.2, 0.25) is 0 Å². The van der Waals surface area contributed by atoms with E-state index >= 15 is 0 Å². The van der Waals surface area contributed by atoms with Crippen LogP contribution in [0, 0.1) is 0 Å². The number of nitrogens with zero attached hydrogens (tertiary/aromatic N) is 1. The molecule has 1 aromatic heterocycles. The van der Waals surface area contributed by atoms with E-state index in [1.54, 1.807) is 0 Å². The lowest BCUT2D eigenvalue weighted by Crippen LogP contribution is -2.10. The average molecular weight is 198 g/mol. The van der Waals surface area contributed by atoms with Crippen LogP contribution in [0.4, 0.5) is 0 Å². The number of unbranched alkanes of at least 4 members (excludes halogenated alkanes) is 1. The Balaban J connectivity index is 2.53. The van der Waals surface area contributed by atoms with Crippen molar-refractivity contribution in [3.05, 3.63) is 16.1 Å². The maximum absolute atomic E-state index is 4.40. The topological polar surface area (TPSA) is 24.9 Å². The molecule has 0 saturated heterocycles. The van der Waals surface area contributed by atoms with Crippen LogP contribution >= 0.6 is 11.3 Å². The minimum absolute atomic E-state index is 0.438. The van der Waals surface area contributed by atoms with E-state index in [2.05, 4.69) is 24.1 Å². The molecule has 74 valence electrons. The van der Waals surface area contributed by atoms with Crippen LogP contribution in [0.25, 0.3) is 0 Å². The van der Waals surface area contributed by atoms with Gasteiger partial charge in [-0.25, -0.2) is 4.98 Å². The van der Waals surface area contributed by atoms with Gasteiger partial charge in [0.1, 0.15) is 0 Å². The summed E-state index contributed by atoms with van der Waals surface area (Å²) < 4.78 is 0. The molecule has 0 radical (unpaired) electrons. The van der Waals surface area contributed by atoms with Gasteiger partial charge in [0.15, 0.2) is 0 Å². The highest BCUT2D eigenvalue weighted by molar-refractivity contribution is 7.11. The lowest BCUT2D eigenvalue weighted by molar-refractivity contribution is 0.662. The van der Waals surface area contributed by atoms with E-state index < -0.39 is 0 Å². The number of aromatic nitrogens is 1. The van der Waals surface area contributed by atoms with Gasteiger partial charge in [-0.1, -0.05) is 13.3 Å². The number of rotatable bonds is 5. The van der Waals surface area contributed by atoms with Crippen molar-refractivity contribution in [1.82, 2.24) is 10.3 Å². The van der Waals surface area contributed by atoms with Crippen molar-refractivity contribution in [2.45, 2.75) is 39.2 Å². The summed E-state index contributed by atoms with van der Waals surface area (Å²) in [5.74, 6) is 0. The van der Waals surface area contributed by atoms with E-state index in [9.17, 15) is 0 Å². The maximum atomic E-state index is 4.40. The van der Waals surface area contributed by atoms with Crippen LogP contribution in [0.15, 0.2) is 6.20 Å². The van der Waals surface area contributed by atoms with Gasteiger partial charge in [0, 0.05) is 17.1 Å². The summed E-state index contributed by atoms with van der Waals surface area (Å²) in [5.41, 5.74) is 0. The standard InChI is InChI=1S/C10H18N2S/c1-4-5-6-10-12-7-9(13-10)8(2)11-3/h7-8,11H,4-6H2,1-3H3. The normalized spacial score (nSPS) is 13.2. The van der Waals surface area contributed by atoms with Gasteiger partial charge in [-0.2, -0.15) is 0 Å². The number of nitrogens with one attached hydrogen (secondary N) is 1. The van der Waals surface area contributed by atoms with Crippen LogP contribution in [-0.4, -0.2) is 12.0 Å². The molecular weight excluding hydrogens is 180 g/mol. The van der Waals surface area contributed by atoms with E-state index in [4.69, 9.17) is 0 Å². The molecule has 0 spiro atoms. The van der Waals surface area contributed by atoms with E-state index in [0.717, 1.165) is 6.42 Å². The van der Waals surface area contributed by atoms with Crippen LogP contribution in [0.3, 0.4) is 0 Å². The number of thiazole rings is 1. The van der Waals surface area contributed by atoms with Gasteiger partial charge in [-0.05, 0) is 26.8 Å². The molecule has 0 fully saturated rings. The number of hydrogen-bond acceptors (Lipinski definition) is 3. The molecule has 1 N–H and O–H groups in total. The molecule has 3 heteroatoms. The van der Waals surface area contributed by atoms with E-state index in [1.165, 1.54) is 22.7 Å². The molecule has 0 bridgehead atoms. The summed E-state index contributed by atoms with van der Waals surface area (Å²) in [6, 6.07) is 0.438. The summed E-state index contributed by atoms with van der Waals surface area (Å²) in [6.07, 6.45) is 5.63. The molecule has 0 amide bonds. The fourth-order valence-electron chi connectivity index (χ4n) is 1.11. The Bertz CT molecular complexity index is 245. The Kier molecular flexibility index (Phi) is 4.39. The third-order valence-corrected chi connectivity index (χ3v) is 3.42. The van der Waals surface area contributed by atoms with E-state index in [1.807, 2.05) is 24.6 Å². The molecule has 1 heterocycles. The van der Waals surface area contributed by atoms with Gasteiger partial charge in [0.25, 0.3) is 0 Å². The molecule has 13 heavy (non-hydrogen) atoms. The van der Waals surface area contributed by atoms with E-state index in [-0.39, 0.29) is 0 Å². The quantitative estimate of drug-likeness (QED) is 0.787. The van der Waals surface area contributed by atoms with E-state index in [0.29, 0.717) is 6.04 Å². The second-order valence-corrected chi connectivity index (χ2v) is 4.42. The Morgan fingerprint density at radius 2 is 2.38 bits per heavy atom. The van der Waals surface area contributed by atoms with Gasteiger partial charge < -0.3 is 5.32 Å². The Hall–Kier alpha value is -0.410. The van der Waals surface area contributed by atoms with Crippen molar-refractivity contribution >= 4 is 11.3 Å². The molecule has 0 aromatic carbocycles. The Morgan fingerprint density at radius 3 is 3.00 bits per heavy atom. The smallest absolute Gasteiger partial charge is 0.0928 e. The molecule has 0 aliphatic rings. The van der Waals surface area contributed by atoms with Crippen molar-refractivity contribution in [2.75, 3.05) is 7.05 Å². The van der Waals surface area contributed by atoms with Crippen LogP contribution in [0.5, 0.6) is 0 Å². The summed E-state index contributed by atoms with van der Waals surface area (Å²) in [5, 5.41) is 4.50. The first-order valence-corrected chi connectivity index (χ1v) is 5.71. The molecule has 0 saturated carbocycles. The number of aryl methyl sites for hydroxylation is 1. The lowest BCUT2D eigenvalue weighted by atomic mass is 10.3. The van der Waals surface area contributed by atoms with Crippen molar-refractivity contribution in [1.29, 1.82) is 0 Å². The SMILES string of the molecule is CCCCc1ncc(C(C)NC)s1. The van der Waals surface area contributed by atoms with Crippen molar-refractivity contribution in [3.8, 4) is 0 Å². The first-order chi connectivity index (χ1) is 6.27. The fraction of sp³-hybridized carbons (Fsp3) is 0.700. The van der Waals surface area contributed by atoms with Crippen LogP contribution in [-0.2, 0) is 6.42 Å². The zero-order valence-electron chi connectivity index (χ0n) is 8.63. The predicted molar refractivity (Wildman–Crippen MR) is 58.2 cm³/mol. The monoisotopic (exact) mass is 198 g/mol. The second-order valence-electron chi connectivity index (χ2n) is 3.27. The minimum atomic E-state index is 0.438. The van der Waals surface area contributed by atoms with Gasteiger partial charge in [0.2, 0.25) is 0 Å². The van der Waals surface area contributed by atoms with Crippen molar-refractivity contribution < 1.29 is 0 Å². The molecule has 1 rings (SSSR count). The zero-order chi connectivity index (χ0) is 9.68. The predicted octanol–water partition coefficient (Wildman–Crippen LogP) is 2.77. The maximum Gasteiger partial charge on any atom is 0.0928 e. The number of hydrogen-bond donors (Lipinski definition) is 1. The third kappa shape index (κ3) is 3.08.